The highest BCUT2D eigenvalue weighted by Gasteiger charge is 2.35. The lowest BCUT2D eigenvalue weighted by Gasteiger charge is -2.40. The molecule has 1 N–H and O–H groups in total. The van der Waals surface area contributed by atoms with Crippen molar-refractivity contribution in [3.8, 4) is 0 Å². The number of piperazine rings is 1. The number of hydrogen-bond acceptors (Lipinski definition) is 5. The minimum atomic E-state index is 0.514. The Labute approximate surface area is 127 Å². The molecule has 1 saturated heterocycles. The van der Waals surface area contributed by atoms with Crippen LogP contribution in [-0.4, -0.2) is 61.2 Å². The Morgan fingerprint density at radius 2 is 1.76 bits per heavy atom. The molecule has 0 atom stereocenters. The summed E-state index contributed by atoms with van der Waals surface area (Å²) in [6.07, 6.45) is 9.23. The van der Waals surface area contributed by atoms with Gasteiger partial charge in [0.05, 0.1) is 0 Å². The molecule has 21 heavy (non-hydrogen) atoms. The molecule has 1 aromatic rings. The molecule has 0 bridgehead atoms. The summed E-state index contributed by atoms with van der Waals surface area (Å²) >= 11 is 0. The molecule has 5 heteroatoms. The molecule has 3 rings (SSSR count). The van der Waals surface area contributed by atoms with Crippen LogP contribution >= 0.6 is 0 Å². The first kappa shape index (κ1) is 14.7. The molecule has 1 aromatic heterocycles. The van der Waals surface area contributed by atoms with Crippen molar-refractivity contribution in [3.63, 3.8) is 0 Å². The van der Waals surface area contributed by atoms with Gasteiger partial charge in [-0.05, 0) is 31.4 Å². The van der Waals surface area contributed by atoms with Gasteiger partial charge < -0.3 is 10.2 Å². The largest absolute Gasteiger partial charge is 0.338 e. The van der Waals surface area contributed by atoms with E-state index in [1.54, 1.807) is 0 Å². The molecule has 0 aromatic carbocycles. The van der Waals surface area contributed by atoms with Crippen LogP contribution in [0.1, 0.15) is 25.7 Å². The summed E-state index contributed by atoms with van der Waals surface area (Å²) in [6.45, 7) is 6.75. The van der Waals surface area contributed by atoms with Crippen molar-refractivity contribution in [1.29, 1.82) is 0 Å². The second-order valence-electron chi connectivity index (χ2n) is 6.55. The van der Waals surface area contributed by atoms with Crippen LogP contribution in [0.2, 0.25) is 0 Å². The lowest BCUT2D eigenvalue weighted by molar-refractivity contribution is 0.144. The Kier molecular flexibility index (Phi) is 4.70. The van der Waals surface area contributed by atoms with Crippen LogP contribution in [0.15, 0.2) is 18.5 Å². The first-order valence-corrected chi connectivity index (χ1v) is 8.20. The van der Waals surface area contributed by atoms with Gasteiger partial charge in [0.25, 0.3) is 0 Å². The summed E-state index contributed by atoms with van der Waals surface area (Å²) in [7, 11) is 2.09. The Morgan fingerprint density at radius 3 is 2.38 bits per heavy atom. The van der Waals surface area contributed by atoms with Crippen LogP contribution in [0.3, 0.4) is 0 Å². The van der Waals surface area contributed by atoms with Crippen LogP contribution in [0.4, 0.5) is 5.95 Å². The van der Waals surface area contributed by atoms with Crippen molar-refractivity contribution in [2.45, 2.75) is 25.7 Å². The van der Waals surface area contributed by atoms with Crippen molar-refractivity contribution < 1.29 is 0 Å². The minimum Gasteiger partial charge on any atom is -0.338 e. The molecular formula is C16H27N5. The van der Waals surface area contributed by atoms with E-state index in [2.05, 4.69) is 32.1 Å². The highest BCUT2D eigenvalue weighted by molar-refractivity contribution is 5.29. The Hall–Kier alpha value is -1.20. The third-order valence-corrected chi connectivity index (χ3v) is 4.98. The van der Waals surface area contributed by atoms with Crippen molar-refractivity contribution in [2.24, 2.45) is 5.41 Å². The van der Waals surface area contributed by atoms with E-state index in [9.17, 15) is 0 Å². The molecule has 2 aliphatic rings. The zero-order valence-electron chi connectivity index (χ0n) is 13.1. The highest BCUT2D eigenvalue weighted by atomic mass is 15.3. The normalized spacial score (nSPS) is 22.6. The Balaban J connectivity index is 1.53. The first-order chi connectivity index (χ1) is 10.3. The summed E-state index contributed by atoms with van der Waals surface area (Å²) in [6, 6.07) is 1.88. The highest BCUT2D eigenvalue weighted by Crippen LogP contribution is 2.38. The van der Waals surface area contributed by atoms with Gasteiger partial charge in [-0.15, -0.1) is 0 Å². The molecule has 5 nitrogen and oxygen atoms in total. The average molecular weight is 289 g/mol. The van der Waals surface area contributed by atoms with Gasteiger partial charge in [0.2, 0.25) is 5.95 Å². The SMILES string of the molecule is CNCC1(CN2CCN(c3ncccn3)CC2)CCCC1. The van der Waals surface area contributed by atoms with Gasteiger partial charge in [-0.2, -0.15) is 0 Å². The van der Waals surface area contributed by atoms with E-state index >= 15 is 0 Å². The zero-order valence-corrected chi connectivity index (χ0v) is 13.1. The molecule has 1 saturated carbocycles. The van der Waals surface area contributed by atoms with E-state index in [-0.39, 0.29) is 0 Å². The molecule has 0 radical (unpaired) electrons. The maximum atomic E-state index is 4.36. The van der Waals surface area contributed by atoms with Gasteiger partial charge in [0.15, 0.2) is 0 Å². The number of aromatic nitrogens is 2. The van der Waals surface area contributed by atoms with Gasteiger partial charge in [0.1, 0.15) is 0 Å². The topological polar surface area (TPSA) is 44.3 Å². The maximum Gasteiger partial charge on any atom is 0.225 e. The van der Waals surface area contributed by atoms with E-state index in [0.717, 1.165) is 38.7 Å². The summed E-state index contributed by atoms with van der Waals surface area (Å²) in [5.41, 5.74) is 0.514. The van der Waals surface area contributed by atoms with Gasteiger partial charge in [-0.3, -0.25) is 4.90 Å². The fourth-order valence-electron chi connectivity index (χ4n) is 3.93. The summed E-state index contributed by atoms with van der Waals surface area (Å²) in [5, 5.41) is 3.42. The molecule has 0 spiro atoms. The van der Waals surface area contributed by atoms with Crippen LogP contribution in [0, 0.1) is 5.41 Å². The maximum absolute atomic E-state index is 4.36. The van der Waals surface area contributed by atoms with Gasteiger partial charge in [-0.25, -0.2) is 9.97 Å². The molecule has 0 amide bonds. The predicted octanol–water partition coefficient (Wildman–Crippen LogP) is 1.38. The molecule has 116 valence electrons. The van der Waals surface area contributed by atoms with Crippen molar-refractivity contribution in [2.75, 3.05) is 51.2 Å². The Morgan fingerprint density at radius 1 is 1.10 bits per heavy atom. The number of anilines is 1. The van der Waals surface area contributed by atoms with E-state index in [4.69, 9.17) is 0 Å². The third-order valence-electron chi connectivity index (χ3n) is 4.98. The number of nitrogens with one attached hydrogen (secondary N) is 1. The molecule has 1 aliphatic carbocycles. The minimum absolute atomic E-state index is 0.514. The first-order valence-electron chi connectivity index (χ1n) is 8.20. The molecule has 2 heterocycles. The lowest BCUT2D eigenvalue weighted by Crippen LogP contribution is -2.51. The van der Waals surface area contributed by atoms with E-state index in [0.29, 0.717) is 5.41 Å². The second kappa shape index (κ2) is 6.71. The van der Waals surface area contributed by atoms with Crippen LogP contribution in [-0.2, 0) is 0 Å². The zero-order chi connectivity index (χ0) is 14.5. The molecular weight excluding hydrogens is 262 g/mol. The van der Waals surface area contributed by atoms with E-state index < -0.39 is 0 Å². The van der Waals surface area contributed by atoms with E-state index in [1.807, 2.05) is 18.5 Å². The average Bonchev–Trinajstić information content (AvgIpc) is 2.98. The quantitative estimate of drug-likeness (QED) is 0.887. The van der Waals surface area contributed by atoms with Gasteiger partial charge in [0, 0.05) is 51.7 Å². The second-order valence-corrected chi connectivity index (χ2v) is 6.55. The fraction of sp³-hybridized carbons (Fsp3) is 0.750. The monoisotopic (exact) mass is 289 g/mol. The van der Waals surface area contributed by atoms with Crippen LogP contribution < -0.4 is 10.2 Å². The lowest BCUT2D eigenvalue weighted by atomic mass is 9.85. The fourth-order valence-corrected chi connectivity index (χ4v) is 3.93. The summed E-state index contributed by atoms with van der Waals surface area (Å²) < 4.78 is 0. The van der Waals surface area contributed by atoms with Crippen molar-refractivity contribution in [1.82, 2.24) is 20.2 Å². The third kappa shape index (κ3) is 3.52. The summed E-state index contributed by atoms with van der Waals surface area (Å²) in [5.74, 6) is 0.878. The predicted molar refractivity (Wildman–Crippen MR) is 85.5 cm³/mol. The van der Waals surface area contributed by atoms with Crippen molar-refractivity contribution in [3.05, 3.63) is 18.5 Å². The number of nitrogens with zero attached hydrogens (tertiary/aromatic N) is 4. The van der Waals surface area contributed by atoms with Crippen LogP contribution in [0.5, 0.6) is 0 Å². The van der Waals surface area contributed by atoms with Gasteiger partial charge in [-0.1, -0.05) is 12.8 Å². The smallest absolute Gasteiger partial charge is 0.225 e. The standard InChI is InChI=1S/C16H27N5/c1-17-13-16(5-2-3-6-16)14-20-9-11-21(12-10-20)15-18-7-4-8-19-15/h4,7-8,17H,2-3,5-6,9-14H2,1H3. The van der Waals surface area contributed by atoms with Crippen LogP contribution in [0.25, 0.3) is 0 Å². The van der Waals surface area contributed by atoms with Crippen molar-refractivity contribution >= 4 is 5.95 Å². The number of hydrogen-bond donors (Lipinski definition) is 1. The Bertz CT molecular complexity index is 422. The van der Waals surface area contributed by atoms with E-state index in [1.165, 1.54) is 32.2 Å². The molecule has 1 aliphatic heterocycles. The van der Waals surface area contributed by atoms with Gasteiger partial charge >= 0.3 is 0 Å². The summed E-state index contributed by atoms with van der Waals surface area (Å²) in [4.78, 5) is 13.7. The molecule has 2 fully saturated rings. The number of rotatable bonds is 5. The molecule has 0 unspecified atom stereocenters.